The van der Waals surface area contributed by atoms with Crippen molar-refractivity contribution in [2.24, 2.45) is 10.8 Å². The Hall–Kier alpha value is -2.27. The first-order valence-electron chi connectivity index (χ1n) is 7.84. The summed E-state index contributed by atoms with van der Waals surface area (Å²) >= 11 is 0. The van der Waals surface area contributed by atoms with E-state index in [-0.39, 0.29) is 29.0 Å². The van der Waals surface area contributed by atoms with Crippen molar-refractivity contribution in [3.05, 3.63) is 35.4 Å². The third-order valence-electron chi connectivity index (χ3n) is 4.72. The average molecular weight is 350 g/mol. The van der Waals surface area contributed by atoms with E-state index in [0.29, 0.717) is 19.5 Å². The molecule has 0 atom stereocenters. The van der Waals surface area contributed by atoms with Gasteiger partial charge in [0.1, 0.15) is 6.07 Å². The van der Waals surface area contributed by atoms with Crippen LogP contribution in [0.3, 0.4) is 0 Å². The number of aromatic nitrogens is 2. The van der Waals surface area contributed by atoms with E-state index in [0.717, 1.165) is 6.20 Å². The molecule has 1 fully saturated rings. The summed E-state index contributed by atoms with van der Waals surface area (Å²) in [7, 11) is 0. The van der Waals surface area contributed by atoms with Crippen molar-refractivity contribution in [1.82, 2.24) is 14.9 Å². The van der Waals surface area contributed by atoms with Gasteiger partial charge in [-0.1, -0.05) is 19.9 Å². The summed E-state index contributed by atoms with van der Waals surface area (Å²) in [6, 6.07) is 1.95. The quantitative estimate of drug-likeness (QED) is 0.820. The first-order chi connectivity index (χ1) is 11.6. The molecule has 1 spiro atoms. The number of carbonyl (C=O) groups excluding carboxylic acids is 1. The van der Waals surface area contributed by atoms with E-state index < -0.39 is 17.3 Å². The zero-order valence-corrected chi connectivity index (χ0v) is 13.9. The summed E-state index contributed by atoms with van der Waals surface area (Å²) in [5, 5.41) is 9.18. The Morgan fingerprint density at radius 3 is 2.52 bits per heavy atom. The molecule has 0 N–H and O–H groups in total. The predicted octanol–water partition coefficient (Wildman–Crippen LogP) is 2.75. The Bertz CT molecular complexity index is 786. The highest BCUT2D eigenvalue weighted by Crippen LogP contribution is 2.48. The van der Waals surface area contributed by atoms with Gasteiger partial charge in [-0.15, -0.1) is 0 Å². The molecule has 1 aromatic rings. The average Bonchev–Trinajstić information content (AvgIpc) is 2.48. The molecule has 0 saturated carbocycles. The summed E-state index contributed by atoms with van der Waals surface area (Å²) in [6.07, 6.45) is 0.00212. The molecule has 1 saturated heterocycles. The largest absolute Gasteiger partial charge is 0.435 e. The van der Waals surface area contributed by atoms with Gasteiger partial charge in [-0.3, -0.25) is 14.7 Å². The fourth-order valence-corrected chi connectivity index (χ4v) is 3.92. The van der Waals surface area contributed by atoms with Crippen LogP contribution in [0, 0.1) is 22.2 Å². The van der Waals surface area contributed by atoms with Gasteiger partial charge in [0, 0.05) is 42.9 Å². The lowest BCUT2D eigenvalue weighted by Crippen LogP contribution is -2.58. The third-order valence-corrected chi connectivity index (χ3v) is 4.72. The lowest BCUT2D eigenvalue weighted by molar-refractivity contribution is -0.143. The Balaban J connectivity index is 1.77. The number of Topliss-reactive ketones (excluding diaryl/α,β-unsaturated/α-hetero) is 1. The van der Waals surface area contributed by atoms with E-state index in [1.54, 1.807) is 19.9 Å². The predicted molar refractivity (Wildman–Crippen MR) is 81.8 cm³/mol. The van der Waals surface area contributed by atoms with Gasteiger partial charge < -0.3 is 0 Å². The molecule has 5 nitrogen and oxygen atoms in total. The SMILES string of the molecule is CC1(C)CC2(C=C(C#N)C1=O)CN(Cc1nccnc1C(F)(F)F)C2. The molecule has 0 aromatic carbocycles. The minimum Gasteiger partial charge on any atom is -0.296 e. The lowest BCUT2D eigenvalue weighted by Gasteiger charge is -2.53. The number of ketones is 1. The van der Waals surface area contributed by atoms with E-state index in [4.69, 9.17) is 0 Å². The maximum atomic E-state index is 13.0. The molecule has 3 rings (SSSR count). The van der Waals surface area contributed by atoms with Crippen LogP contribution in [-0.2, 0) is 17.5 Å². The second kappa shape index (κ2) is 5.63. The first-order valence-corrected chi connectivity index (χ1v) is 7.84. The maximum absolute atomic E-state index is 13.0. The van der Waals surface area contributed by atoms with E-state index in [2.05, 4.69) is 9.97 Å². The first kappa shape index (κ1) is 17.5. The molecular weight excluding hydrogens is 333 g/mol. The molecule has 0 amide bonds. The highest BCUT2D eigenvalue weighted by molar-refractivity contribution is 6.03. The van der Waals surface area contributed by atoms with Gasteiger partial charge in [0.05, 0.1) is 11.3 Å². The van der Waals surface area contributed by atoms with Gasteiger partial charge in [0.2, 0.25) is 0 Å². The molecule has 0 bridgehead atoms. The summed E-state index contributed by atoms with van der Waals surface area (Å²) < 4.78 is 39.0. The number of nitrogens with zero attached hydrogens (tertiary/aromatic N) is 4. The van der Waals surface area contributed by atoms with Gasteiger partial charge in [-0.05, 0) is 6.42 Å². The number of allylic oxidation sites excluding steroid dienone is 1. The summed E-state index contributed by atoms with van der Waals surface area (Å²) in [5.74, 6) is -0.174. The van der Waals surface area contributed by atoms with Crippen molar-refractivity contribution in [3.8, 4) is 6.07 Å². The smallest absolute Gasteiger partial charge is 0.296 e. The topological polar surface area (TPSA) is 69.9 Å². The number of nitriles is 1. The van der Waals surface area contributed by atoms with Crippen LogP contribution in [0.1, 0.15) is 31.7 Å². The molecule has 1 aromatic heterocycles. The van der Waals surface area contributed by atoms with Crippen LogP contribution in [-0.4, -0.2) is 33.7 Å². The fourth-order valence-electron chi connectivity index (χ4n) is 3.92. The van der Waals surface area contributed by atoms with Crippen molar-refractivity contribution >= 4 is 5.78 Å². The standard InChI is InChI=1S/C17H17F3N4O/c1-15(2)8-16(5-11(6-21)14(15)25)9-24(10-16)7-12-13(17(18,19)20)23-4-3-22-12/h3-5H,7-10H2,1-2H3. The molecule has 1 aliphatic carbocycles. The van der Waals surface area contributed by atoms with Crippen LogP contribution in [0.25, 0.3) is 0 Å². The number of halogens is 3. The Kier molecular flexibility index (Phi) is 3.95. The number of hydrogen-bond donors (Lipinski definition) is 0. The fraction of sp³-hybridized carbons (Fsp3) is 0.529. The van der Waals surface area contributed by atoms with Crippen LogP contribution in [0.5, 0.6) is 0 Å². The van der Waals surface area contributed by atoms with Gasteiger partial charge in [-0.25, -0.2) is 4.98 Å². The minimum absolute atomic E-state index is 0.0362. The number of rotatable bonds is 2. The van der Waals surface area contributed by atoms with Crippen molar-refractivity contribution in [2.75, 3.05) is 13.1 Å². The maximum Gasteiger partial charge on any atom is 0.435 e. The summed E-state index contributed by atoms with van der Waals surface area (Å²) in [4.78, 5) is 21.3. The highest BCUT2D eigenvalue weighted by Gasteiger charge is 2.51. The van der Waals surface area contributed by atoms with Crippen molar-refractivity contribution in [2.45, 2.75) is 33.0 Å². The normalized spacial score (nSPS) is 22.2. The second-order valence-electron chi connectivity index (χ2n) is 7.42. The molecule has 0 unspecified atom stereocenters. The Morgan fingerprint density at radius 1 is 1.28 bits per heavy atom. The Morgan fingerprint density at radius 2 is 1.92 bits per heavy atom. The molecular formula is C17H17F3N4O. The molecule has 8 heteroatoms. The van der Waals surface area contributed by atoms with Gasteiger partial charge in [0.25, 0.3) is 0 Å². The molecule has 2 heterocycles. The van der Waals surface area contributed by atoms with Crippen LogP contribution >= 0.6 is 0 Å². The number of hydrogen-bond acceptors (Lipinski definition) is 5. The van der Waals surface area contributed by atoms with Crippen molar-refractivity contribution in [3.63, 3.8) is 0 Å². The zero-order valence-electron chi connectivity index (χ0n) is 13.9. The number of alkyl halides is 3. The van der Waals surface area contributed by atoms with Crippen LogP contribution in [0.4, 0.5) is 13.2 Å². The van der Waals surface area contributed by atoms with E-state index >= 15 is 0 Å². The third kappa shape index (κ3) is 3.16. The van der Waals surface area contributed by atoms with Gasteiger partial charge in [0.15, 0.2) is 11.5 Å². The van der Waals surface area contributed by atoms with Gasteiger partial charge in [-0.2, -0.15) is 18.4 Å². The Labute approximate surface area is 143 Å². The molecule has 1 aliphatic heterocycles. The molecule has 2 aliphatic rings. The van der Waals surface area contributed by atoms with Crippen molar-refractivity contribution in [1.29, 1.82) is 5.26 Å². The van der Waals surface area contributed by atoms with Crippen LogP contribution < -0.4 is 0 Å². The molecule has 132 valence electrons. The van der Waals surface area contributed by atoms with Crippen LogP contribution in [0.15, 0.2) is 24.0 Å². The minimum atomic E-state index is -4.54. The van der Waals surface area contributed by atoms with E-state index in [1.165, 1.54) is 6.20 Å². The second-order valence-corrected chi connectivity index (χ2v) is 7.42. The van der Waals surface area contributed by atoms with Gasteiger partial charge >= 0.3 is 6.18 Å². The monoisotopic (exact) mass is 350 g/mol. The number of carbonyl (C=O) groups is 1. The molecule has 0 radical (unpaired) electrons. The lowest BCUT2D eigenvalue weighted by atomic mass is 9.61. The van der Waals surface area contributed by atoms with E-state index in [1.807, 2.05) is 11.0 Å². The highest BCUT2D eigenvalue weighted by atomic mass is 19.4. The summed E-state index contributed by atoms with van der Waals surface area (Å²) in [5.41, 5.74) is -1.92. The van der Waals surface area contributed by atoms with Crippen LogP contribution in [0.2, 0.25) is 0 Å². The number of likely N-dealkylation sites (tertiary alicyclic amines) is 1. The zero-order chi connectivity index (χ0) is 18.5. The molecule has 25 heavy (non-hydrogen) atoms. The van der Waals surface area contributed by atoms with Crippen molar-refractivity contribution < 1.29 is 18.0 Å². The van der Waals surface area contributed by atoms with E-state index in [9.17, 15) is 23.2 Å². The summed E-state index contributed by atoms with van der Waals surface area (Å²) in [6.45, 7) is 4.61.